The van der Waals surface area contributed by atoms with Crippen LogP contribution in [0, 0.1) is 5.41 Å². The molecule has 0 amide bonds. The summed E-state index contributed by atoms with van der Waals surface area (Å²) in [6.45, 7) is 2.86. The molecule has 0 radical (unpaired) electrons. The molecular formula is C15H22BrNO3. The summed E-state index contributed by atoms with van der Waals surface area (Å²) in [5, 5.41) is 23.2. The smallest absolute Gasteiger partial charge is 0.162 e. The second-order valence-electron chi connectivity index (χ2n) is 5.75. The highest BCUT2D eigenvalue weighted by Crippen LogP contribution is 2.38. The van der Waals surface area contributed by atoms with Crippen molar-refractivity contribution in [2.45, 2.75) is 38.8 Å². The van der Waals surface area contributed by atoms with Gasteiger partial charge < -0.3 is 20.3 Å². The highest BCUT2D eigenvalue weighted by atomic mass is 79.9. The van der Waals surface area contributed by atoms with E-state index in [1.165, 1.54) is 0 Å². The number of aromatic hydroxyl groups is 1. The molecule has 1 aliphatic carbocycles. The van der Waals surface area contributed by atoms with E-state index < -0.39 is 0 Å². The van der Waals surface area contributed by atoms with Gasteiger partial charge in [0.2, 0.25) is 0 Å². The van der Waals surface area contributed by atoms with Crippen molar-refractivity contribution in [2.24, 2.45) is 5.41 Å². The number of ether oxygens (including phenoxy) is 1. The van der Waals surface area contributed by atoms with Gasteiger partial charge in [-0.3, -0.25) is 0 Å². The number of methoxy groups -OCH3 is 1. The molecule has 0 aliphatic heterocycles. The van der Waals surface area contributed by atoms with Crippen molar-refractivity contribution in [1.82, 2.24) is 5.32 Å². The number of hydrogen-bond acceptors (Lipinski definition) is 4. The fraction of sp³-hybridized carbons (Fsp3) is 0.600. The first-order chi connectivity index (χ1) is 9.50. The van der Waals surface area contributed by atoms with Crippen LogP contribution in [0.4, 0.5) is 0 Å². The molecule has 0 heterocycles. The molecule has 3 N–H and O–H groups in total. The highest BCUT2D eigenvalue weighted by molar-refractivity contribution is 9.10. The maximum absolute atomic E-state index is 10.1. The molecule has 1 aliphatic rings. The van der Waals surface area contributed by atoms with E-state index >= 15 is 0 Å². The number of phenols is 1. The predicted molar refractivity (Wildman–Crippen MR) is 82.0 cm³/mol. The van der Waals surface area contributed by atoms with Crippen molar-refractivity contribution in [2.75, 3.05) is 13.7 Å². The summed E-state index contributed by atoms with van der Waals surface area (Å²) in [4.78, 5) is 0. The summed E-state index contributed by atoms with van der Waals surface area (Å²) in [6.07, 6.45) is 3.22. The molecule has 5 heteroatoms. The van der Waals surface area contributed by atoms with Crippen LogP contribution in [0.1, 0.15) is 31.7 Å². The van der Waals surface area contributed by atoms with Gasteiger partial charge in [-0.05, 0) is 25.0 Å². The summed E-state index contributed by atoms with van der Waals surface area (Å²) in [5.41, 5.74) is 0.731. The third-order valence-electron chi connectivity index (χ3n) is 4.32. The average molecular weight is 344 g/mol. The predicted octanol–water partition coefficient (Wildman–Crippen LogP) is 2.80. The van der Waals surface area contributed by atoms with E-state index in [1.54, 1.807) is 13.2 Å². The lowest BCUT2D eigenvalue weighted by Crippen LogP contribution is -2.41. The van der Waals surface area contributed by atoms with Gasteiger partial charge in [0, 0.05) is 34.6 Å². The van der Waals surface area contributed by atoms with E-state index in [9.17, 15) is 10.2 Å². The molecule has 20 heavy (non-hydrogen) atoms. The Hall–Kier alpha value is -0.780. The summed E-state index contributed by atoms with van der Waals surface area (Å²) < 4.78 is 6.03. The van der Waals surface area contributed by atoms with Crippen molar-refractivity contribution >= 4 is 15.9 Å². The van der Waals surface area contributed by atoms with Crippen molar-refractivity contribution in [3.63, 3.8) is 0 Å². The van der Waals surface area contributed by atoms with Gasteiger partial charge in [-0.15, -0.1) is 0 Å². The lowest BCUT2D eigenvalue weighted by Gasteiger charge is -2.30. The molecule has 0 spiro atoms. The van der Waals surface area contributed by atoms with Crippen molar-refractivity contribution in [1.29, 1.82) is 0 Å². The van der Waals surface area contributed by atoms with Gasteiger partial charge in [-0.1, -0.05) is 29.3 Å². The molecule has 4 nitrogen and oxygen atoms in total. The van der Waals surface area contributed by atoms with Crippen LogP contribution in [0.3, 0.4) is 0 Å². The number of halogens is 1. The Labute approximate surface area is 128 Å². The van der Waals surface area contributed by atoms with Crippen molar-refractivity contribution in [3.05, 3.63) is 22.2 Å². The van der Waals surface area contributed by atoms with Crippen LogP contribution in [0.5, 0.6) is 11.5 Å². The average Bonchev–Trinajstić information content (AvgIpc) is 2.81. The minimum atomic E-state index is -0.0638. The Bertz CT molecular complexity index is 480. The lowest BCUT2D eigenvalue weighted by atomic mass is 9.85. The van der Waals surface area contributed by atoms with E-state index in [-0.39, 0.29) is 23.8 Å². The number of aliphatic hydroxyl groups excluding tert-OH is 1. The Morgan fingerprint density at radius 2 is 2.25 bits per heavy atom. The quantitative estimate of drug-likeness (QED) is 0.769. The molecule has 1 aromatic carbocycles. The summed E-state index contributed by atoms with van der Waals surface area (Å²) in [7, 11) is 1.54. The second-order valence-corrected chi connectivity index (χ2v) is 6.67. The van der Waals surface area contributed by atoms with Gasteiger partial charge in [0.25, 0.3) is 0 Å². The molecule has 2 atom stereocenters. The monoisotopic (exact) mass is 343 g/mol. The fourth-order valence-corrected chi connectivity index (χ4v) is 3.41. The first-order valence-corrected chi connectivity index (χ1v) is 7.69. The van der Waals surface area contributed by atoms with E-state index in [0.717, 1.165) is 29.3 Å². The molecule has 0 aromatic heterocycles. The summed E-state index contributed by atoms with van der Waals surface area (Å²) in [6, 6.07) is 3.90. The number of rotatable bonds is 5. The zero-order valence-corrected chi connectivity index (χ0v) is 13.5. The lowest BCUT2D eigenvalue weighted by molar-refractivity contribution is 0.118. The summed E-state index contributed by atoms with van der Waals surface area (Å²) >= 11 is 3.42. The molecule has 2 unspecified atom stereocenters. The van der Waals surface area contributed by atoms with Gasteiger partial charge in [0.05, 0.1) is 7.11 Å². The van der Waals surface area contributed by atoms with E-state index in [4.69, 9.17) is 4.74 Å². The largest absolute Gasteiger partial charge is 0.504 e. The van der Waals surface area contributed by atoms with Crippen LogP contribution in [-0.2, 0) is 6.54 Å². The Morgan fingerprint density at radius 1 is 1.50 bits per heavy atom. The van der Waals surface area contributed by atoms with Crippen molar-refractivity contribution < 1.29 is 14.9 Å². The Morgan fingerprint density at radius 3 is 2.90 bits per heavy atom. The third-order valence-corrected chi connectivity index (χ3v) is 4.78. The second kappa shape index (κ2) is 6.33. The number of nitrogens with one attached hydrogen (secondary N) is 1. The fourth-order valence-electron chi connectivity index (χ4n) is 2.92. The van der Waals surface area contributed by atoms with Gasteiger partial charge in [-0.25, -0.2) is 0 Å². The van der Waals surface area contributed by atoms with Crippen LogP contribution < -0.4 is 10.1 Å². The number of hydrogen-bond donors (Lipinski definition) is 3. The van der Waals surface area contributed by atoms with E-state index in [1.807, 2.05) is 6.07 Å². The van der Waals surface area contributed by atoms with Crippen LogP contribution in [0.25, 0.3) is 0 Å². The van der Waals surface area contributed by atoms with Crippen LogP contribution in [-0.4, -0.2) is 30.0 Å². The number of aliphatic hydroxyl groups is 1. The zero-order valence-electron chi connectivity index (χ0n) is 11.9. The number of phenolic OH excluding ortho intramolecular Hbond substituents is 1. The van der Waals surface area contributed by atoms with Gasteiger partial charge in [-0.2, -0.15) is 0 Å². The number of benzene rings is 1. The highest BCUT2D eigenvalue weighted by Gasteiger charge is 2.37. The molecule has 1 fully saturated rings. The first-order valence-electron chi connectivity index (χ1n) is 6.90. The molecule has 0 saturated heterocycles. The van der Waals surface area contributed by atoms with Gasteiger partial charge in [0.15, 0.2) is 11.5 Å². The third kappa shape index (κ3) is 3.10. The van der Waals surface area contributed by atoms with Crippen LogP contribution in [0.15, 0.2) is 16.6 Å². The van der Waals surface area contributed by atoms with Crippen LogP contribution >= 0.6 is 15.9 Å². The standard InChI is InChI=1S/C15H22BrNO3/c1-15(9-18)5-3-4-13(15)17-8-10-6-11(16)7-12(20-2)14(10)19/h6-7,13,17-19H,3-5,8-9H2,1-2H3. The molecule has 2 rings (SSSR count). The maximum Gasteiger partial charge on any atom is 0.162 e. The topological polar surface area (TPSA) is 61.7 Å². The van der Waals surface area contributed by atoms with Crippen LogP contribution in [0.2, 0.25) is 0 Å². The molecule has 1 aromatic rings. The van der Waals surface area contributed by atoms with E-state index in [0.29, 0.717) is 12.3 Å². The van der Waals surface area contributed by atoms with Gasteiger partial charge >= 0.3 is 0 Å². The normalized spacial score (nSPS) is 25.9. The van der Waals surface area contributed by atoms with Gasteiger partial charge in [0.1, 0.15) is 0 Å². The Kier molecular flexibility index (Phi) is 4.94. The summed E-state index contributed by atoms with van der Waals surface area (Å²) in [5.74, 6) is 0.638. The minimum Gasteiger partial charge on any atom is -0.504 e. The first kappa shape index (κ1) is 15.6. The molecule has 1 saturated carbocycles. The maximum atomic E-state index is 10.1. The molecular weight excluding hydrogens is 322 g/mol. The minimum absolute atomic E-state index is 0.0638. The van der Waals surface area contributed by atoms with Crippen molar-refractivity contribution in [3.8, 4) is 11.5 Å². The van der Waals surface area contributed by atoms with E-state index in [2.05, 4.69) is 28.2 Å². The zero-order chi connectivity index (χ0) is 14.8. The SMILES string of the molecule is COc1cc(Br)cc(CNC2CCCC2(C)CO)c1O. The Balaban J connectivity index is 2.09. The molecule has 0 bridgehead atoms. The molecule has 112 valence electrons.